The molecule has 1 saturated carbocycles. The lowest BCUT2D eigenvalue weighted by atomic mass is 10.0. The molecule has 116 heavy (non-hydrogen) atoms. The van der Waals surface area contributed by atoms with Crippen molar-refractivity contribution < 1.29 is 86.4 Å². The molecule has 0 unspecified atom stereocenters. The lowest BCUT2D eigenvalue weighted by Crippen LogP contribution is -2.26. The SMILES string of the molecule is CC(C)S(=O)(=O)c1ccc([S+](c2ccccc2)c2ccccc2)cc1C(F)(F)F.CCS(=O)(=O)c1ccc([S+](c2ccccc2)c2ccccc2)cc1C(F)(F)F.CS(=O)(=O)c1ccc([S+](c2ccccc2)c2ccccc2)cc1C(F)(F)F.O=S(=O)(c1ccc([S+](c2ccccc2)c2ccccc2)cc1C(F)(F)F)C1CCCCC1. The molecular weight excluding hydrogens is 1670 g/mol. The zero-order valence-electron chi connectivity index (χ0n) is 62.5. The summed E-state index contributed by atoms with van der Waals surface area (Å²) in [5.41, 5.74) is -4.43. The summed E-state index contributed by atoms with van der Waals surface area (Å²) in [5, 5.41) is -1.69. The Morgan fingerprint density at radius 2 is 0.509 bits per heavy atom. The Morgan fingerprint density at radius 1 is 0.293 bits per heavy atom. The third-order valence-corrected chi connectivity index (χ3v) is 34.5. The van der Waals surface area contributed by atoms with Crippen LogP contribution in [0.25, 0.3) is 0 Å². The van der Waals surface area contributed by atoms with Crippen LogP contribution in [0, 0.1) is 0 Å². The van der Waals surface area contributed by atoms with Gasteiger partial charge >= 0.3 is 24.7 Å². The minimum atomic E-state index is -4.78. The van der Waals surface area contributed by atoms with Crippen LogP contribution in [0.15, 0.2) is 394 Å². The number of benzene rings is 12. The highest BCUT2D eigenvalue weighted by molar-refractivity contribution is 7.98. The van der Waals surface area contributed by atoms with E-state index in [4.69, 9.17) is 0 Å². The third-order valence-electron chi connectivity index (χ3n) is 18.1. The predicted molar refractivity (Wildman–Crippen MR) is 433 cm³/mol. The molecule has 0 spiro atoms. The van der Waals surface area contributed by atoms with Gasteiger partial charge in [0.15, 0.2) is 98.1 Å². The largest absolute Gasteiger partial charge is 0.417 e. The molecule has 0 saturated heterocycles. The lowest BCUT2D eigenvalue weighted by Gasteiger charge is -2.23. The van der Waals surface area contributed by atoms with E-state index in [0.29, 0.717) is 32.4 Å². The van der Waals surface area contributed by atoms with Gasteiger partial charge in [-0.05, 0) is 172 Å². The van der Waals surface area contributed by atoms with Crippen LogP contribution in [0.2, 0.25) is 0 Å². The van der Waals surface area contributed by atoms with Crippen LogP contribution in [0.5, 0.6) is 0 Å². The van der Waals surface area contributed by atoms with Crippen molar-refractivity contribution in [1.29, 1.82) is 0 Å². The van der Waals surface area contributed by atoms with Crippen LogP contribution in [0.1, 0.15) is 75.1 Å². The maximum Gasteiger partial charge on any atom is 0.417 e. The number of alkyl halides is 12. The van der Waals surface area contributed by atoms with Gasteiger partial charge in [-0.3, -0.25) is 0 Å². The van der Waals surface area contributed by atoms with E-state index in [1.54, 1.807) is 6.07 Å². The Labute approximate surface area is 680 Å². The number of rotatable bonds is 19. The summed E-state index contributed by atoms with van der Waals surface area (Å²) in [6.07, 6.45) is -15.1. The molecule has 0 aliphatic heterocycles. The van der Waals surface area contributed by atoms with Gasteiger partial charge in [0, 0.05) is 30.5 Å². The van der Waals surface area contributed by atoms with Crippen LogP contribution in [-0.4, -0.2) is 56.2 Å². The summed E-state index contributed by atoms with van der Waals surface area (Å²) in [5.74, 6) is -0.390. The topological polar surface area (TPSA) is 137 Å². The predicted octanol–water partition coefficient (Wildman–Crippen LogP) is 23.7. The van der Waals surface area contributed by atoms with Gasteiger partial charge in [0.1, 0.15) is 0 Å². The first-order valence-electron chi connectivity index (χ1n) is 36.0. The highest BCUT2D eigenvalue weighted by Gasteiger charge is 2.46. The second kappa shape index (κ2) is 38.2. The molecule has 28 heteroatoms. The average Bonchev–Trinajstić information content (AvgIpc) is 0.779. The molecule has 0 amide bonds. The van der Waals surface area contributed by atoms with Gasteiger partial charge in [0.2, 0.25) is 0 Å². The van der Waals surface area contributed by atoms with E-state index < -0.39 is 166 Å². The standard InChI is InChI=1S/C25H24F3O2S2.C22H20F3O2S2.C21H18F3O2S2.C20H16F3O2S2/c26-25(27,28)23-18-21(16-17-24(23)32(29,30)22-14-8-3-9-15-22)31(19-10-4-1-5-11-19)20-12-6-2-7-13-20;1-16(2)29(26,27)21-14-13-19(15-20(21)22(23,24)25)28(17-9-5-3-6-10-17)18-11-7-4-8-12-18;1-2-28(25,26)20-14-13-18(15-19(20)21(22,23)24)27(16-9-5-3-6-10-16)17-11-7-4-8-12-17;1-27(24,25)19-13-12-17(14-18(19)20(21,22)23)26(15-8-4-2-5-9-15)16-10-6-3-7-11-16/h1-2,4-7,10-13,16-18,22H,3,8-9,14-15H2;3-16H,1-2H3;3-15H,2H2,1H3;2-14H,1H3/q4*+1. The molecule has 0 N–H and O–H groups in total. The minimum Gasteiger partial charge on any atom is -0.224 e. The Kier molecular flexibility index (Phi) is 29.4. The molecule has 8 nitrogen and oxygen atoms in total. The van der Waals surface area contributed by atoms with Crippen molar-refractivity contribution in [3.8, 4) is 0 Å². The van der Waals surface area contributed by atoms with Crippen molar-refractivity contribution in [3.05, 3.63) is 338 Å². The van der Waals surface area contributed by atoms with Gasteiger partial charge < -0.3 is 0 Å². The van der Waals surface area contributed by atoms with Crippen molar-refractivity contribution in [2.24, 2.45) is 0 Å². The fourth-order valence-corrected chi connectivity index (χ4v) is 26.3. The Bertz CT molecular complexity index is 5580. The summed E-state index contributed by atoms with van der Waals surface area (Å²) in [6, 6.07) is 88.4. The van der Waals surface area contributed by atoms with Crippen LogP contribution < -0.4 is 0 Å². The molecule has 0 atom stereocenters. The zero-order valence-corrected chi connectivity index (χ0v) is 69.0. The van der Waals surface area contributed by atoms with Crippen molar-refractivity contribution in [1.82, 2.24) is 0 Å². The molecule has 13 rings (SSSR count). The highest BCUT2D eigenvalue weighted by Crippen LogP contribution is 2.46. The fraction of sp³-hybridized carbons (Fsp3) is 0.182. The maximum absolute atomic E-state index is 14.1. The first-order chi connectivity index (χ1) is 54.8. The van der Waals surface area contributed by atoms with E-state index in [2.05, 4.69) is 0 Å². The van der Waals surface area contributed by atoms with Crippen LogP contribution in [0.3, 0.4) is 0 Å². The van der Waals surface area contributed by atoms with Crippen molar-refractivity contribution in [2.45, 2.75) is 166 Å². The second-order valence-electron chi connectivity index (χ2n) is 26.4. The fourth-order valence-electron chi connectivity index (χ4n) is 12.6. The van der Waals surface area contributed by atoms with E-state index in [9.17, 15) is 86.4 Å². The number of hydrogen-bond donors (Lipinski definition) is 0. The molecule has 0 aromatic heterocycles. The van der Waals surface area contributed by atoms with E-state index in [0.717, 1.165) is 107 Å². The molecule has 606 valence electrons. The van der Waals surface area contributed by atoms with Gasteiger partial charge in [-0.2, -0.15) is 52.7 Å². The first-order valence-corrected chi connectivity index (χ1v) is 47.5. The summed E-state index contributed by atoms with van der Waals surface area (Å²) < 4.78 is 265. The Morgan fingerprint density at radius 3 is 0.741 bits per heavy atom. The normalized spacial score (nSPS) is 13.3. The molecule has 0 heterocycles. The van der Waals surface area contributed by atoms with Gasteiger partial charge in [0.05, 0.1) is 102 Å². The highest BCUT2D eigenvalue weighted by atomic mass is 32.2. The molecule has 1 aliphatic rings. The van der Waals surface area contributed by atoms with Crippen LogP contribution in [0.4, 0.5) is 52.7 Å². The Hall–Kier alpha value is -9.00. The van der Waals surface area contributed by atoms with E-state index in [1.165, 1.54) is 45.0 Å². The minimum absolute atomic E-state index is 0.390. The zero-order chi connectivity index (χ0) is 84.0. The number of hydrogen-bond acceptors (Lipinski definition) is 8. The van der Waals surface area contributed by atoms with Gasteiger partial charge in [0.25, 0.3) is 0 Å². The molecule has 0 bridgehead atoms. The van der Waals surface area contributed by atoms with E-state index >= 15 is 0 Å². The van der Waals surface area contributed by atoms with E-state index in [-0.39, 0.29) is 0 Å². The van der Waals surface area contributed by atoms with Crippen LogP contribution in [-0.2, 0) is 108 Å². The molecule has 12 aromatic carbocycles. The lowest BCUT2D eigenvalue weighted by molar-refractivity contribution is -0.140. The van der Waals surface area contributed by atoms with Gasteiger partial charge in [-0.25, -0.2) is 33.7 Å². The molecule has 1 fully saturated rings. The van der Waals surface area contributed by atoms with E-state index in [1.807, 2.05) is 243 Å². The smallest absolute Gasteiger partial charge is 0.224 e. The van der Waals surface area contributed by atoms with Gasteiger partial charge in [-0.1, -0.05) is 172 Å². The van der Waals surface area contributed by atoms with Crippen molar-refractivity contribution in [3.63, 3.8) is 0 Å². The summed E-state index contributed by atoms with van der Waals surface area (Å²) >= 11 is 0. The molecule has 0 radical (unpaired) electrons. The second-order valence-corrected chi connectivity index (χ2v) is 43.4. The number of sulfone groups is 4. The number of halogens is 12. The summed E-state index contributed by atoms with van der Waals surface area (Å²) in [4.78, 5) is 5.90. The monoisotopic (exact) mass is 1750 g/mol. The Balaban J connectivity index is 0.000000164. The summed E-state index contributed by atoms with van der Waals surface area (Å²) in [6.45, 7) is 4.09. The van der Waals surface area contributed by atoms with Gasteiger partial charge in [-0.15, -0.1) is 0 Å². The average molecular weight is 1750 g/mol. The quantitative estimate of drug-likeness (QED) is 0.0577. The maximum atomic E-state index is 14.1. The van der Waals surface area contributed by atoms with Crippen molar-refractivity contribution in [2.75, 3.05) is 12.0 Å². The van der Waals surface area contributed by atoms with Crippen molar-refractivity contribution >= 4 is 82.9 Å². The first kappa shape index (κ1) is 89.3. The third kappa shape index (κ3) is 22.2. The molecular formula is C88H78F12O8S8+4. The van der Waals surface area contributed by atoms with Crippen LogP contribution >= 0.6 is 0 Å². The summed E-state index contributed by atoms with van der Waals surface area (Å²) in [7, 11) is -19.3. The molecule has 1 aliphatic carbocycles. The molecule has 12 aromatic rings.